The standard InChI is InChI=1S/C12H16BrF2NO2S/c1-2-3-4-5-6-16-19(17,18)12-10(13)7-9(14)8-11(12)15/h7-8,16H,2-6H2,1H3. The van der Waals surface area contributed by atoms with Crippen molar-refractivity contribution in [2.75, 3.05) is 6.54 Å². The Bertz CT molecular complexity index is 512. The van der Waals surface area contributed by atoms with Crippen LogP contribution in [0.4, 0.5) is 8.78 Å². The molecule has 0 heterocycles. The Kier molecular flexibility index (Phi) is 6.35. The molecule has 1 rings (SSSR count). The molecule has 0 aliphatic carbocycles. The van der Waals surface area contributed by atoms with Crippen LogP contribution in [0.3, 0.4) is 0 Å². The van der Waals surface area contributed by atoms with Crippen molar-refractivity contribution in [2.45, 2.75) is 37.5 Å². The van der Waals surface area contributed by atoms with Gasteiger partial charge in [-0.15, -0.1) is 0 Å². The summed E-state index contributed by atoms with van der Waals surface area (Å²) in [7, 11) is -3.96. The Morgan fingerprint density at radius 1 is 1.21 bits per heavy atom. The average molecular weight is 356 g/mol. The molecule has 0 fully saturated rings. The minimum atomic E-state index is -3.96. The van der Waals surface area contributed by atoms with Crippen LogP contribution in [0.2, 0.25) is 0 Å². The Morgan fingerprint density at radius 3 is 2.47 bits per heavy atom. The molecule has 19 heavy (non-hydrogen) atoms. The number of rotatable bonds is 7. The molecule has 0 saturated carbocycles. The van der Waals surface area contributed by atoms with E-state index >= 15 is 0 Å². The second-order valence-electron chi connectivity index (χ2n) is 4.16. The Labute approximate surface area is 120 Å². The van der Waals surface area contributed by atoms with Gasteiger partial charge in [-0.1, -0.05) is 26.2 Å². The highest BCUT2D eigenvalue weighted by atomic mass is 79.9. The fraction of sp³-hybridized carbons (Fsp3) is 0.500. The lowest BCUT2D eigenvalue weighted by Gasteiger charge is -2.09. The van der Waals surface area contributed by atoms with Crippen molar-refractivity contribution in [2.24, 2.45) is 0 Å². The van der Waals surface area contributed by atoms with Gasteiger partial charge in [-0.2, -0.15) is 0 Å². The van der Waals surface area contributed by atoms with E-state index in [0.29, 0.717) is 12.5 Å². The maximum absolute atomic E-state index is 13.5. The second kappa shape index (κ2) is 7.31. The SMILES string of the molecule is CCCCCCNS(=O)(=O)c1c(F)cc(F)cc1Br. The summed E-state index contributed by atoms with van der Waals surface area (Å²) < 4.78 is 52.5. The van der Waals surface area contributed by atoms with Crippen molar-refractivity contribution < 1.29 is 17.2 Å². The first-order valence-corrected chi connectivity index (χ1v) is 8.30. The Balaban J connectivity index is 2.78. The third kappa shape index (κ3) is 4.81. The van der Waals surface area contributed by atoms with Gasteiger partial charge in [0.2, 0.25) is 10.0 Å². The molecule has 0 amide bonds. The highest BCUT2D eigenvalue weighted by molar-refractivity contribution is 9.10. The first kappa shape index (κ1) is 16.5. The Morgan fingerprint density at radius 2 is 1.89 bits per heavy atom. The lowest BCUT2D eigenvalue weighted by Crippen LogP contribution is -2.26. The summed E-state index contributed by atoms with van der Waals surface area (Å²) in [4.78, 5) is -0.551. The van der Waals surface area contributed by atoms with E-state index in [-0.39, 0.29) is 11.0 Å². The van der Waals surface area contributed by atoms with Gasteiger partial charge < -0.3 is 0 Å². The molecule has 0 radical (unpaired) electrons. The van der Waals surface area contributed by atoms with Crippen molar-refractivity contribution >= 4 is 26.0 Å². The molecule has 3 nitrogen and oxygen atoms in total. The molecule has 108 valence electrons. The molecule has 7 heteroatoms. The van der Waals surface area contributed by atoms with E-state index in [1.54, 1.807) is 0 Å². The summed E-state index contributed by atoms with van der Waals surface area (Å²) >= 11 is 2.87. The van der Waals surface area contributed by atoms with Gasteiger partial charge in [0, 0.05) is 17.1 Å². The number of sulfonamides is 1. The van der Waals surface area contributed by atoms with Crippen LogP contribution in [0.5, 0.6) is 0 Å². The van der Waals surface area contributed by atoms with Crippen LogP contribution >= 0.6 is 15.9 Å². The topological polar surface area (TPSA) is 46.2 Å². The van der Waals surface area contributed by atoms with E-state index in [9.17, 15) is 17.2 Å². The molecule has 0 saturated heterocycles. The lowest BCUT2D eigenvalue weighted by atomic mass is 10.2. The molecule has 0 spiro atoms. The molecule has 0 bridgehead atoms. The monoisotopic (exact) mass is 355 g/mol. The molecule has 0 aliphatic heterocycles. The molecule has 1 aromatic carbocycles. The summed E-state index contributed by atoms with van der Waals surface area (Å²) in [5.74, 6) is -1.93. The van der Waals surface area contributed by atoms with Crippen molar-refractivity contribution in [3.8, 4) is 0 Å². The van der Waals surface area contributed by atoms with Gasteiger partial charge in [0.25, 0.3) is 0 Å². The van der Waals surface area contributed by atoms with Crippen LogP contribution in [0, 0.1) is 11.6 Å². The highest BCUT2D eigenvalue weighted by Crippen LogP contribution is 2.26. The van der Waals surface area contributed by atoms with Crippen LogP contribution in [0.25, 0.3) is 0 Å². The van der Waals surface area contributed by atoms with Gasteiger partial charge in [-0.3, -0.25) is 0 Å². The molecular formula is C12H16BrF2NO2S. The predicted octanol–water partition coefficient (Wildman–Crippen LogP) is 3.59. The van der Waals surface area contributed by atoms with Gasteiger partial charge >= 0.3 is 0 Å². The predicted molar refractivity (Wildman–Crippen MR) is 73.4 cm³/mol. The van der Waals surface area contributed by atoms with E-state index < -0.39 is 26.6 Å². The molecule has 0 aliphatic rings. The zero-order valence-corrected chi connectivity index (χ0v) is 13.0. The number of halogens is 3. The van der Waals surface area contributed by atoms with Gasteiger partial charge in [0.05, 0.1) is 0 Å². The van der Waals surface area contributed by atoms with Gasteiger partial charge in [0.1, 0.15) is 16.5 Å². The lowest BCUT2D eigenvalue weighted by molar-refractivity contribution is 0.538. The normalized spacial score (nSPS) is 11.8. The van der Waals surface area contributed by atoms with E-state index in [1.807, 2.05) is 0 Å². The van der Waals surface area contributed by atoms with Gasteiger partial charge in [-0.05, 0) is 28.4 Å². The van der Waals surface area contributed by atoms with Crippen LogP contribution < -0.4 is 4.72 Å². The maximum atomic E-state index is 13.5. The molecule has 1 aromatic rings. The van der Waals surface area contributed by atoms with Crippen molar-refractivity contribution in [1.29, 1.82) is 0 Å². The van der Waals surface area contributed by atoms with E-state index in [2.05, 4.69) is 27.6 Å². The number of hydrogen-bond acceptors (Lipinski definition) is 2. The maximum Gasteiger partial charge on any atom is 0.244 e. The third-order valence-corrected chi connectivity index (χ3v) is 4.98. The molecule has 0 aromatic heterocycles. The van der Waals surface area contributed by atoms with Crippen LogP contribution in [-0.2, 0) is 10.0 Å². The van der Waals surface area contributed by atoms with Crippen LogP contribution in [0.15, 0.2) is 21.5 Å². The smallest absolute Gasteiger partial charge is 0.211 e. The highest BCUT2D eigenvalue weighted by Gasteiger charge is 2.23. The number of hydrogen-bond donors (Lipinski definition) is 1. The Hall–Kier alpha value is -0.530. The minimum absolute atomic E-state index is 0.119. The first-order valence-electron chi connectivity index (χ1n) is 6.02. The quantitative estimate of drug-likeness (QED) is 0.759. The summed E-state index contributed by atoms with van der Waals surface area (Å²) in [6.07, 6.45) is 3.67. The second-order valence-corrected chi connectivity index (χ2v) is 6.72. The zero-order chi connectivity index (χ0) is 14.5. The van der Waals surface area contributed by atoms with E-state index in [0.717, 1.165) is 25.3 Å². The van der Waals surface area contributed by atoms with Crippen molar-refractivity contribution in [3.05, 3.63) is 28.2 Å². The van der Waals surface area contributed by atoms with E-state index in [1.165, 1.54) is 0 Å². The first-order chi connectivity index (χ1) is 8.88. The van der Waals surface area contributed by atoms with Crippen molar-refractivity contribution in [1.82, 2.24) is 4.72 Å². The largest absolute Gasteiger partial charge is 0.244 e. The van der Waals surface area contributed by atoms with Crippen LogP contribution in [0.1, 0.15) is 32.6 Å². The fourth-order valence-corrected chi connectivity index (χ4v) is 3.85. The average Bonchev–Trinajstić information content (AvgIpc) is 2.26. The number of benzene rings is 1. The molecule has 0 unspecified atom stereocenters. The van der Waals surface area contributed by atoms with E-state index in [4.69, 9.17) is 0 Å². The third-order valence-electron chi connectivity index (χ3n) is 2.55. The molecular weight excluding hydrogens is 340 g/mol. The summed E-state index contributed by atoms with van der Waals surface area (Å²) in [5.41, 5.74) is 0. The van der Waals surface area contributed by atoms with Crippen molar-refractivity contribution in [3.63, 3.8) is 0 Å². The number of unbranched alkanes of at least 4 members (excludes halogenated alkanes) is 3. The summed E-state index contributed by atoms with van der Waals surface area (Å²) in [6, 6.07) is 1.48. The van der Waals surface area contributed by atoms with Crippen LogP contribution in [-0.4, -0.2) is 15.0 Å². The summed E-state index contributed by atoms with van der Waals surface area (Å²) in [5, 5.41) is 0. The van der Waals surface area contributed by atoms with Gasteiger partial charge in [0.15, 0.2) is 0 Å². The zero-order valence-electron chi connectivity index (χ0n) is 10.5. The minimum Gasteiger partial charge on any atom is -0.211 e. The van der Waals surface area contributed by atoms with Gasteiger partial charge in [-0.25, -0.2) is 21.9 Å². The number of nitrogens with one attached hydrogen (secondary N) is 1. The molecule has 1 N–H and O–H groups in total. The molecule has 0 atom stereocenters. The summed E-state index contributed by atoms with van der Waals surface area (Å²) in [6.45, 7) is 2.29. The fourth-order valence-electron chi connectivity index (χ4n) is 1.62.